The molecule has 0 fully saturated rings. The van der Waals surface area contributed by atoms with Crippen molar-refractivity contribution in [1.82, 2.24) is 0 Å². The van der Waals surface area contributed by atoms with E-state index in [1.807, 2.05) is 0 Å². The maximum atomic E-state index is 6.62. The van der Waals surface area contributed by atoms with Gasteiger partial charge in [0.1, 0.15) is 0 Å². The SMILES string of the molecule is OOO.[Ca+2].[Ca+2].[Ca+2].[H-].[H-].[H-].[H-].[H-].[H-]. The van der Waals surface area contributed by atoms with Crippen molar-refractivity contribution in [2.75, 3.05) is 0 Å². The number of rotatable bonds is 0. The van der Waals surface area contributed by atoms with Crippen molar-refractivity contribution in [3.05, 3.63) is 0 Å². The van der Waals surface area contributed by atoms with E-state index in [-0.39, 0.29) is 122 Å². The molecule has 0 amide bonds. The molecule has 0 aromatic carbocycles. The summed E-state index contributed by atoms with van der Waals surface area (Å²) >= 11 is 0. The van der Waals surface area contributed by atoms with E-state index in [1.165, 1.54) is 0 Å². The van der Waals surface area contributed by atoms with Crippen LogP contribution in [0.4, 0.5) is 0 Å². The topological polar surface area (TPSA) is 49.7 Å². The smallest absolute Gasteiger partial charge is 1.00 e. The van der Waals surface area contributed by atoms with Crippen molar-refractivity contribution in [2.24, 2.45) is 0 Å². The van der Waals surface area contributed by atoms with Crippen LogP contribution in [0, 0.1) is 0 Å². The Morgan fingerprint density at radius 3 is 1.00 bits per heavy atom. The predicted molar refractivity (Wildman–Crippen MR) is 30.3 cm³/mol. The third kappa shape index (κ3) is 25.4. The first-order chi connectivity index (χ1) is 1.41. The fourth-order valence-corrected chi connectivity index (χ4v) is 0. The van der Waals surface area contributed by atoms with Crippen LogP contribution in [0.25, 0.3) is 0 Å². The summed E-state index contributed by atoms with van der Waals surface area (Å²) in [6.07, 6.45) is 0. The summed E-state index contributed by atoms with van der Waals surface area (Å²) in [5.74, 6) is 0. The van der Waals surface area contributed by atoms with Crippen molar-refractivity contribution >= 4 is 113 Å². The van der Waals surface area contributed by atoms with Crippen molar-refractivity contribution in [3.63, 3.8) is 0 Å². The van der Waals surface area contributed by atoms with Crippen molar-refractivity contribution in [3.8, 4) is 0 Å². The van der Waals surface area contributed by atoms with Gasteiger partial charge in [0.2, 0.25) is 0 Å². The van der Waals surface area contributed by atoms with Crippen molar-refractivity contribution in [2.45, 2.75) is 0 Å². The van der Waals surface area contributed by atoms with Gasteiger partial charge in [0.05, 0.1) is 0 Å². The van der Waals surface area contributed by atoms with Gasteiger partial charge in [0.25, 0.3) is 0 Å². The molecule has 0 aromatic rings. The molecule has 0 heterocycles. The number of hydrogen-bond acceptors (Lipinski definition) is 3. The van der Waals surface area contributed by atoms with Crippen LogP contribution < -0.4 is 0 Å². The van der Waals surface area contributed by atoms with E-state index in [2.05, 4.69) is 5.04 Å². The molecule has 0 unspecified atom stereocenters. The molecule has 0 radical (unpaired) electrons. The largest absolute Gasteiger partial charge is 2.00 e. The Bertz CT molecular complexity index is 18.0. The minimum absolute atomic E-state index is 0. The van der Waals surface area contributed by atoms with Crippen LogP contribution >= 0.6 is 0 Å². The summed E-state index contributed by atoms with van der Waals surface area (Å²) < 4.78 is 0. The predicted octanol–water partition coefficient (Wildman–Crippen LogP) is -0.518. The molecule has 0 aromatic heterocycles. The van der Waals surface area contributed by atoms with Gasteiger partial charge in [0, 0.05) is 0 Å². The van der Waals surface area contributed by atoms with Gasteiger partial charge in [-0.1, -0.05) is 5.04 Å². The first kappa shape index (κ1) is 22.6. The molecular formula is H8Ca3O3. The zero-order chi connectivity index (χ0) is 2.71. The summed E-state index contributed by atoms with van der Waals surface area (Å²) in [7, 11) is 0. The molecule has 0 atom stereocenters. The van der Waals surface area contributed by atoms with Crippen LogP contribution in [0.15, 0.2) is 0 Å². The Labute approximate surface area is 134 Å². The van der Waals surface area contributed by atoms with E-state index in [0.717, 1.165) is 0 Å². The van der Waals surface area contributed by atoms with Crippen LogP contribution in [0.2, 0.25) is 0 Å². The molecule has 0 rings (SSSR count). The van der Waals surface area contributed by atoms with Crippen molar-refractivity contribution < 1.29 is 24.1 Å². The molecule has 2 N–H and O–H groups in total. The Hall–Kier alpha value is 3.66. The minimum Gasteiger partial charge on any atom is -1.00 e. The molecule has 0 bridgehead atoms. The van der Waals surface area contributed by atoms with Crippen LogP contribution in [-0.4, -0.2) is 124 Å². The monoisotopic (exact) mass is 176 g/mol. The third-order valence-electron chi connectivity index (χ3n) is 0. The van der Waals surface area contributed by atoms with E-state index in [0.29, 0.717) is 0 Å². The Balaban J connectivity index is -0.000000000556. The summed E-state index contributed by atoms with van der Waals surface area (Å²) in [5.41, 5.74) is 0. The molecule has 0 aliphatic heterocycles. The zero-order valence-electron chi connectivity index (χ0n) is 9.42. The van der Waals surface area contributed by atoms with E-state index >= 15 is 0 Å². The fourth-order valence-electron chi connectivity index (χ4n) is 0. The van der Waals surface area contributed by atoms with Gasteiger partial charge in [-0.15, -0.1) is 0 Å². The van der Waals surface area contributed by atoms with Gasteiger partial charge in [0.15, 0.2) is 0 Å². The molecule has 6 heteroatoms. The molecule has 0 spiro atoms. The molecular weight excluding hydrogens is 168 g/mol. The average molecular weight is 176 g/mol. The van der Waals surface area contributed by atoms with E-state index in [1.54, 1.807) is 0 Å². The summed E-state index contributed by atoms with van der Waals surface area (Å²) in [6, 6.07) is 0. The van der Waals surface area contributed by atoms with Crippen LogP contribution in [-0.2, 0) is 5.04 Å². The first-order valence-electron chi connectivity index (χ1n) is 0.365. The van der Waals surface area contributed by atoms with Crippen LogP contribution in [0.1, 0.15) is 8.56 Å². The summed E-state index contributed by atoms with van der Waals surface area (Å²) in [6.45, 7) is 0. The molecule has 6 heavy (non-hydrogen) atoms. The van der Waals surface area contributed by atoms with Gasteiger partial charge < -0.3 is 8.56 Å². The maximum absolute atomic E-state index is 6.62. The minimum atomic E-state index is 0. The van der Waals surface area contributed by atoms with Gasteiger partial charge >= 0.3 is 113 Å². The Morgan fingerprint density at radius 1 is 1.00 bits per heavy atom. The van der Waals surface area contributed by atoms with Gasteiger partial charge in [-0.3, -0.25) is 0 Å². The normalized spacial score (nSPS) is 3.00. The van der Waals surface area contributed by atoms with Crippen LogP contribution in [0.5, 0.6) is 0 Å². The third-order valence-corrected chi connectivity index (χ3v) is 0. The van der Waals surface area contributed by atoms with E-state index in [9.17, 15) is 0 Å². The van der Waals surface area contributed by atoms with Gasteiger partial charge in [-0.25, -0.2) is 10.5 Å². The summed E-state index contributed by atoms with van der Waals surface area (Å²) in [5, 5.41) is 15.5. The van der Waals surface area contributed by atoms with Crippen LogP contribution in [0.3, 0.4) is 0 Å². The molecule has 0 saturated heterocycles. The number of hydrogen-bond donors (Lipinski definition) is 2. The Kier molecular flexibility index (Phi) is 88.2. The molecule has 0 aliphatic rings. The van der Waals surface area contributed by atoms with Gasteiger partial charge in [-0.05, 0) is 0 Å². The Morgan fingerprint density at radius 2 is 1.00 bits per heavy atom. The molecule has 0 aliphatic carbocycles. The maximum Gasteiger partial charge on any atom is 2.00 e. The second-order valence-electron chi connectivity index (χ2n) is 0.0816. The average Bonchev–Trinajstić information content (AvgIpc) is 0.918. The van der Waals surface area contributed by atoms with Crippen molar-refractivity contribution in [1.29, 1.82) is 0 Å². The zero-order valence-corrected chi connectivity index (χ0v) is 10.0. The summed E-state index contributed by atoms with van der Waals surface area (Å²) in [4.78, 5) is 0. The fraction of sp³-hybridized carbons (Fsp3) is 0. The first-order valence-corrected chi connectivity index (χ1v) is 0.365. The van der Waals surface area contributed by atoms with Gasteiger partial charge in [-0.2, -0.15) is 0 Å². The van der Waals surface area contributed by atoms with E-state index in [4.69, 9.17) is 10.5 Å². The van der Waals surface area contributed by atoms with E-state index < -0.39 is 0 Å². The standard InChI is InChI=1S/3Ca.H2O3.6H/c;;;1-3-2;;;;;;/h;;;1-2H;;;;;;/q3*+2;;6*-1. The molecule has 0 saturated carbocycles. The second-order valence-corrected chi connectivity index (χ2v) is 0.0816. The quantitative estimate of drug-likeness (QED) is 0.297. The second kappa shape index (κ2) is 23.4. The molecule has 32 valence electrons. The molecule has 3 nitrogen and oxygen atoms in total.